The van der Waals surface area contributed by atoms with Crippen molar-refractivity contribution in [3.8, 4) is 23.0 Å². The van der Waals surface area contributed by atoms with Crippen LogP contribution in [0.1, 0.15) is 29.7 Å². The molecule has 1 atom stereocenters. The lowest BCUT2D eigenvalue weighted by Gasteiger charge is -2.26. The first-order valence-electron chi connectivity index (χ1n) is 12.0. The third kappa shape index (κ3) is 4.58. The monoisotopic (exact) mass is 501 g/mol. The molecule has 37 heavy (non-hydrogen) atoms. The van der Waals surface area contributed by atoms with Gasteiger partial charge in [0.05, 0.1) is 25.3 Å². The molecule has 2 aliphatic rings. The van der Waals surface area contributed by atoms with Crippen LogP contribution in [0, 0.1) is 0 Å². The number of aliphatic hydroxyl groups is 1. The lowest BCUT2D eigenvalue weighted by atomic mass is 9.94. The van der Waals surface area contributed by atoms with Crippen molar-refractivity contribution >= 4 is 17.4 Å². The summed E-state index contributed by atoms with van der Waals surface area (Å²) in [6.45, 7) is 3.32. The Balaban J connectivity index is 1.65. The summed E-state index contributed by atoms with van der Waals surface area (Å²) in [5.74, 6) is 0.281. The van der Waals surface area contributed by atoms with E-state index in [1.807, 2.05) is 37.3 Å². The van der Waals surface area contributed by atoms with Crippen molar-refractivity contribution in [2.45, 2.75) is 19.5 Å². The van der Waals surface area contributed by atoms with Crippen molar-refractivity contribution in [2.75, 3.05) is 26.9 Å². The molecular formula is C29H27NO7. The van der Waals surface area contributed by atoms with Crippen LogP contribution in [0.3, 0.4) is 0 Å². The van der Waals surface area contributed by atoms with Crippen LogP contribution in [-0.4, -0.2) is 48.6 Å². The van der Waals surface area contributed by atoms with E-state index >= 15 is 0 Å². The number of Topliss-reactive ketones (excluding diaryl/α,β-unsaturated/α-hetero) is 1. The first-order valence-corrected chi connectivity index (χ1v) is 12.0. The number of aliphatic hydroxyl groups excluding tert-OH is 1. The largest absolute Gasteiger partial charge is 0.507 e. The fourth-order valence-corrected chi connectivity index (χ4v) is 4.64. The van der Waals surface area contributed by atoms with Crippen molar-refractivity contribution in [1.29, 1.82) is 0 Å². The molecule has 0 bridgehead atoms. The molecule has 2 aliphatic heterocycles. The Labute approximate surface area is 214 Å². The maximum Gasteiger partial charge on any atom is 0.295 e. The normalized spacial score (nSPS) is 18.1. The van der Waals surface area contributed by atoms with Crippen LogP contribution >= 0.6 is 0 Å². The van der Waals surface area contributed by atoms with E-state index in [2.05, 4.69) is 0 Å². The van der Waals surface area contributed by atoms with Gasteiger partial charge in [0.15, 0.2) is 23.0 Å². The first kappa shape index (κ1) is 24.2. The van der Waals surface area contributed by atoms with Gasteiger partial charge in [0.2, 0.25) is 0 Å². The predicted octanol–water partition coefficient (Wildman–Crippen LogP) is 4.49. The molecule has 0 spiro atoms. The van der Waals surface area contributed by atoms with Gasteiger partial charge in [-0.2, -0.15) is 0 Å². The second-order valence-corrected chi connectivity index (χ2v) is 8.61. The van der Waals surface area contributed by atoms with Crippen molar-refractivity contribution in [1.82, 2.24) is 4.90 Å². The molecule has 0 unspecified atom stereocenters. The highest BCUT2D eigenvalue weighted by molar-refractivity contribution is 6.46. The second-order valence-electron chi connectivity index (χ2n) is 8.61. The topological polar surface area (TPSA) is 94.5 Å². The van der Waals surface area contributed by atoms with Gasteiger partial charge in [0.1, 0.15) is 19.0 Å². The molecule has 3 aromatic rings. The summed E-state index contributed by atoms with van der Waals surface area (Å²) in [7, 11) is 1.53. The Kier molecular flexibility index (Phi) is 6.72. The van der Waals surface area contributed by atoms with Crippen molar-refractivity contribution in [2.24, 2.45) is 0 Å². The third-order valence-electron chi connectivity index (χ3n) is 6.35. The molecule has 0 saturated carbocycles. The van der Waals surface area contributed by atoms with Gasteiger partial charge in [-0.05, 0) is 48.4 Å². The van der Waals surface area contributed by atoms with E-state index < -0.39 is 17.7 Å². The molecule has 8 nitrogen and oxygen atoms in total. The van der Waals surface area contributed by atoms with Gasteiger partial charge in [-0.25, -0.2) is 0 Å². The van der Waals surface area contributed by atoms with E-state index in [0.29, 0.717) is 53.9 Å². The van der Waals surface area contributed by atoms with Crippen LogP contribution in [0.2, 0.25) is 0 Å². The summed E-state index contributed by atoms with van der Waals surface area (Å²) in [4.78, 5) is 28.2. The lowest BCUT2D eigenvalue weighted by molar-refractivity contribution is -0.140. The van der Waals surface area contributed by atoms with Crippen LogP contribution in [0.15, 0.2) is 72.3 Å². The Morgan fingerprint density at radius 3 is 2.46 bits per heavy atom. The number of amides is 1. The van der Waals surface area contributed by atoms with E-state index in [1.165, 1.54) is 12.0 Å². The van der Waals surface area contributed by atoms with Gasteiger partial charge in [-0.15, -0.1) is 0 Å². The highest BCUT2D eigenvalue weighted by Crippen LogP contribution is 2.43. The first-order chi connectivity index (χ1) is 18.0. The van der Waals surface area contributed by atoms with Crippen LogP contribution in [0.4, 0.5) is 0 Å². The number of ketones is 1. The molecule has 1 amide bonds. The average molecular weight is 502 g/mol. The molecule has 2 heterocycles. The number of fused-ring (bicyclic) bond motifs is 1. The fourth-order valence-electron chi connectivity index (χ4n) is 4.64. The molecule has 5 rings (SSSR count). The van der Waals surface area contributed by atoms with Crippen LogP contribution in [0.5, 0.6) is 23.0 Å². The zero-order chi connectivity index (χ0) is 25.9. The van der Waals surface area contributed by atoms with E-state index in [-0.39, 0.29) is 17.9 Å². The Bertz CT molecular complexity index is 1370. The van der Waals surface area contributed by atoms with Gasteiger partial charge >= 0.3 is 0 Å². The quantitative estimate of drug-likeness (QED) is 0.290. The fraction of sp³-hybridized carbons (Fsp3) is 0.241. The Morgan fingerprint density at radius 1 is 0.973 bits per heavy atom. The number of carbonyl (C=O) groups is 2. The van der Waals surface area contributed by atoms with Gasteiger partial charge in [-0.3, -0.25) is 9.59 Å². The van der Waals surface area contributed by atoms with Gasteiger partial charge in [0, 0.05) is 12.1 Å². The number of carbonyl (C=O) groups excluding carboxylic acids is 2. The zero-order valence-electron chi connectivity index (χ0n) is 20.6. The smallest absolute Gasteiger partial charge is 0.295 e. The number of methoxy groups -OCH3 is 1. The maximum absolute atomic E-state index is 13.4. The van der Waals surface area contributed by atoms with Crippen LogP contribution in [0.25, 0.3) is 5.76 Å². The lowest BCUT2D eigenvalue weighted by Crippen LogP contribution is -2.29. The Hall–Kier alpha value is -4.46. The number of rotatable bonds is 7. The van der Waals surface area contributed by atoms with Crippen LogP contribution in [-0.2, 0) is 16.1 Å². The second kappa shape index (κ2) is 10.3. The molecule has 190 valence electrons. The summed E-state index contributed by atoms with van der Waals surface area (Å²) < 4.78 is 22.4. The van der Waals surface area contributed by atoms with Gasteiger partial charge in [0.25, 0.3) is 11.7 Å². The highest BCUT2D eigenvalue weighted by atomic mass is 16.6. The zero-order valence-corrected chi connectivity index (χ0v) is 20.6. The highest BCUT2D eigenvalue weighted by Gasteiger charge is 2.46. The molecule has 8 heteroatoms. The minimum atomic E-state index is -0.849. The summed E-state index contributed by atoms with van der Waals surface area (Å²) in [5.41, 5.74) is 1.80. The SMILES string of the molecule is CCOc1ccc([C@@H]2C(=C(O)c3ccc4c(c3)OCCO4)C(=O)C(=O)N2Cc2ccccc2)cc1OC. The molecule has 0 radical (unpaired) electrons. The van der Waals surface area contributed by atoms with Gasteiger partial charge in [-0.1, -0.05) is 36.4 Å². The predicted molar refractivity (Wildman–Crippen MR) is 136 cm³/mol. The number of likely N-dealkylation sites (tertiary alicyclic amines) is 1. The minimum Gasteiger partial charge on any atom is -0.507 e. The van der Waals surface area contributed by atoms with Crippen LogP contribution < -0.4 is 18.9 Å². The number of hydrogen-bond acceptors (Lipinski definition) is 7. The number of hydrogen-bond donors (Lipinski definition) is 1. The van der Waals surface area contributed by atoms with E-state index in [4.69, 9.17) is 18.9 Å². The molecule has 1 fully saturated rings. The summed E-state index contributed by atoms with van der Waals surface area (Å²) in [5, 5.41) is 11.4. The van der Waals surface area contributed by atoms with Crippen molar-refractivity contribution in [3.05, 3.63) is 89.0 Å². The number of ether oxygens (including phenoxy) is 4. The number of nitrogens with zero attached hydrogens (tertiary/aromatic N) is 1. The van der Waals surface area contributed by atoms with E-state index in [0.717, 1.165) is 5.56 Å². The number of benzene rings is 3. The third-order valence-corrected chi connectivity index (χ3v) is 6.35. The molecule has 3 aromatic carbocycles. The van der Waals surface area contributed by atoms with E-state index in [9.17, 15) is 14.7 Å². The molecule has 0 aliphatic carbocycles. The van der Waals surface area contributed by atoms with Crippen molar-refractivity contribution < 1.29 is 33.6 Å². The summed E-state index contributed by atoms with van der Waals surface area (Å²) >= 11 is 0. The molecule has 0 aromatic heterocycles. The molecule has 1 saturated heterocycles. The minimum absolute atomic E-state index is 0.0104. The van der Waals surface area contributed by atoms with E-state index in [1.54, 1.807) is 36.4 Å². The Morgan fingerprint density at radius 2 is 1.73 bits per heavy atom. The molecule has 1 N–H and O–H groups in total. The average Bonchev–Trinajstić information content (AvgIpc) is 3.18. The summed E-state index contributed by atoms with van der Waals surface area (Å²) in [6, 6.07) is 18.7. The van der Waals surface area contributed by atoms with Crippen molar-refractivity contribution in [3.63, 3.8) is 0 Å². The maximum atomic E-state index is 13.4. The standard InChI is InChI=1S/C29H27NO7/c1-3-35-21-11-9-19(15-23(21)34-2)26-25(27(31)20-10-12-22-24(16-20)37-14-13-36-22)28(32)29(33)30(26)17-18-7-5-4-6-8-18/h4-12,15-16,26,31H,3,13-14,17H2,1-2H3/t26-/m1/s1. The summed E-state index contributed by atoms with van der Waals surface area (Å²) in [6.07, 6.45) is 0. The van der Waals surface area contributed by atoms with Gasteiger partial charge < -0.3 is 29.0 Å². The molecular weight excluding hydrogens is 474 g/mol.